The van der Waals surface area contributed by atoms with Crippen molar-refractivity contribution in [1.82, 2.24) is 0 Å². The molecule has 18 heavy (non-hydrogen) atoms. The Hall–Kier alpha value is -1.03. The summed E-state index contributed by atoms with van der Waals surface area (Å²) in [4.78, 5) is 0. The van der Waals surface area contributed by atoms with Crippen LogP contribution in [-0.4, -0.2) is 11.7 Å². The van der Waals surface area contributed by atoms with Crippen molar-refractivity contribution < 1.29 is 18.3 Å². The van der Waals surface area contributed by atoms with E-state index >= 15 is 0 Å². The lowest BCUT2D eigenvalue weighted by Crippen LogP contribution is -2.16. The Morgan fingerprint density at radius 3 is 2.33 bits per heavy atom. The zero-order valence-corrected chi connectivity index (χ0v) is 10.1. The van der Waals surface area contributed by atoms with Crippen molar-refractivity contribution in [3.8, 4) is 0 Å². The number of halogens is 3. The monoisotopic (exact) mass is 258 g/mol. The van der Waals surface area contributed by atoms with E-state index in [1.807, 2.05) is 0 Å². The lowest BCUT2D eigenvalue weighted by molar-refractivity contribution is -0.137. The summed E-state index contributed by atoms with van der Waals surface area (Å²) in [6, 6.07) is 5.64. The second kappa shape index (κ2) is 5.31. The second-order valence-electron chi connectivity index (χ2n) is 5.02. The van der Waals surface area contributed by atoms with E-state index in [0.717, 1.165) is 37.3 Å². The highest BCUT2D eigenvalue weighted by Crippen LogP contribution is 2.37. The topological polar surface area (TPSA) is 20.2 Å². The fourth-order valence-corrected chi connectivity index (χ4v) is 2.65. The van der Waals surface area contributed by atoms with Gasteiger partial charge in [-0.05, 0) is 49.1 Å². The average molecular weight is 258 g/mol. The van der Waals surface area contributed by atoms with Gasteiger partial charge in [0.1, 0.15) is 0 Å². The van der Waals surface area contributed by atoms with E-state index in [9.17, 15) is 13.2 Å². The molecule has 0 unspecified atom stereocenters. The van der Waals surface area contributed by atoms with Gasteiger partial charge in [-0.3, -0.25) is 0 Å². The van der Waals surface area contributed by atoms with Crippen molar-refractivity contribution in [2.45, 2.75) is 37.8 Å². The molecule has 0 bridgehead atoms. The van der Waals surface area contributed by atoms with Gasteiger partial charge in [-0.25, -0.2) is 0 Å². The van der Waals surface area contributed by atoms with Crippen LogP contribution in [-0.2, 0) is 6.18 Å². The molecule has 1 saturated carbocycles. The van der Waals surface area contributed by atoms with Crippen LogP contribution in [0.1, 0.15) is 42.7 Å². The van der Waals surface area contributed by atoms with Crippen LogP contribution in [0.25, 0.3) is 0 Å². The second-order valence-corrected chi connectivity index (χ2v) is 5.02. The summed E-state index contributed by atoms with van der Waals surface area (Å²) in [7, 11) is 0. The van der Waals surface area contributed by atoms with Gasteiger partial charge in [0.2, 0.25) is 0 Å². The van der Waals surface area contributed by atoms with Gasteiger partial charge in [-0.2, -0.15) is 13.2 Å². The van der Waals surface area contributed by atoms with Crippen molar-refractivity contribution >= 4 is 0 Å². The lowest BCUT2D eigenvalue weighted by Gasteiger charge is -2.27. The largest absolute Gasteiger partial charge is 0.416 e. The van der Waals surface area contributed by atoms with Crippen LogP contribution >= 0.6 is 0 Å². The van der Waals surface area contributed by atoms with Gasteiger partial charge in [-0.15, -0.1) is 0 Å². The van der Waals surface area contributed by atoms with E-state index in [4.69, 9.17) is 5.11 Å². The predicted octanol–water partition coefficient (Wildman–Crippen LogP) is 3.97. The number of benzene rings is 1. The smallest absolute Gasteiger partial charge is 0.396 e. The molecule has 1 nitrogen and oxygen atoms in total. The SMILES string of the molecule is OCC1CCC(c2cccc(C(F)(F)F)c2)CC1. The van der Waals surface area contributed by atoms with Gasteiger partial charge in [0, 0.05) is 6.61 Å². The Balaban J connectivity index is 2.10. The fourth-order valence-electron chi connectivity index (χ4n) is 2.65. The maximum absolute atomic E-state index is 12.6. The van der Waals surface area contributed by atoms with Crippen molar-refractivity contribution in [1.29, 1.82) is 0 Å². The Morgan fingerprint density at radius 1 is 1.11 bits per heavy atom. The molecule has 0 heterocycles. The molecule has 1 N–H and O–H groups in total. The van der Waals surface area contributed by atoms with E-state index in [0.29, 0.717) is 5.92 Å². The van der Waals surface area contributed by atoms with Crippen LogP contribution < -0.4 is 0 Å². The first-order valence-corrected chi connectivity index (χ1v) is 6.28. The zero-order valence-electron chi connectivity index (χ0n) is 10.1. The van der Waals surface area contributed by atoms with Crippen LogP contribution in [0, 0.1) is 5.92 Å². The first-order valence-electron chi connectivity index (χ1n) is 6.28. The lowest BCUT2D eigenvalue weighted by atomic mass is 9.79. The molecule has 0 radical (unpaired) electrons. The Bertz CT molecular complexity index is 392. The maximum Gasteiger partial charge on any atom is 0.416 e. The number of aliphatic hydroxyl groups excluding tert-OH is 1. The summed E-state index contributed by atoms with van der Waals surface area (Å²) < 4.78 is 37.9. The van der Waals surface area contributed by atoms with Crippen molar-refractivity contribution in [2.75, 3.05) is 6.61 Å². The molecule has 0 aromatic heterocycles. The highest BCUT2D eigenvalue weighted by molar-refractivity contribution is 5.28. The summed E-state index contributed by atoms with van der Waals surface area (Å²) >= 11 is 0. The van der Waals surface area contributed by atoms with E-state index < -0.39 is 11.7 Å². The van der Waals surface area contributed by atoms with Gasteiger partial charge >= 0.3 is 6.18 Å². The number of hydrogen-bond acceptors (Lipinski definition) is 1. The summed E-state index contributed by atoms with van der Waals surface area (Å²) in [5, 5.41) is 9.05. The maximum atomic E-state index is 12.6. The number of alkyl halides is 3. The van der Waals surface area contributed by atoms with Crippen molar-refractivity contribution in [3.05, 3.63) is 35.4 Å². The number of hydrogen-bond donors (Lipinski definition) is 1. The van der Waals surface area contributed by atoms with Crippen LogP contribution in [0.3, 0.4) is 0 Å². The minimum atomic E-state index is -4.27. The molecule has 0 amide bonds. The van der Waals surface area contributed by atoms with Crippen LogP contribution in [0.15, 0.2) is 24.3 Å². The first kappa shape index (κ1) is 13.4. The first-order chi connectivity index (χ1) is 8.50. The van der Waals surface area contributed by atoms with E-state index in [2.05, 4.69) is 0 Å². The summed E-state index contributed by atoms with van der Waals surface area (Å²) in [5.41, 5.74) is 0.213. The van der Waals surface area contributed by atoms with Crippen molar-refractivity contribution in [3.63, 3.8) is 0 Å². The normalized spacial score (nSPS) is 25.1. The highest BCUT2D eigenvalue weighted by atomic mass is 19.4. The van der Waals surface area contributed by atoms with Crippen molar-refractivity contribution in [2.24, 2.45) is 5.92 Å². The molecule has 1 aromatic rings. The summed E-state index contributed by atoms with van der Waals surface area (Å²) in [6.45, 7) is 0.190. The third-order valence-electron chi connectivity index (χ3n) is 3.79. The van der Waals surface area contributed by atoms with Gasteiger partial charge in [0.05, 0.1) is 5.56 Å². The molecule has 1 fully saturated rings. The molecular weight excluding hydrogens is 241 g/mol. The minimum Gasteiger partial charge on any atom is -0.396 e. The minimum absolute atomic E-state index is 0.190. The standard InChI is InChI=1S/C14H17F3O/c15-14(16,17)13-3-1-2-12(8-13)11-6-4-10(9-18)5-7-11/h1-3,8,10-11,18H,4-7,9H2. The van der Waals surface area contributed by atoms with E-state index in [1.165, 1.54) is 12.1 Å². The Morgan fingerprint density at radius 2 is 1.78 bits per heavy atom. The summed E-state index contributed by atoms with van der Waals surface area (Å²) in [6.07, 6.45) is -0.730. The molecule has 1 aliphatic rings. The highest BCUT2D eigenvalue weighted by Gasteiger charge is 2.31. The quantitative estimate of drug-likeness (QED) is 0.851. The van der Waals surface area contributed by atoms with Gasteiger partial charge in [-0.1, -0.05) is 18.2 Å². The fraction of sp³-hybridized carbons (Fsp3) is 0.571. The van der Waals surface area contributed by atoms with Gasteiger partial charge < -0.3 is 5.11 Å². The Kier molecular flexibility index (Phi) is 3.95. The zero-order chi connectivity index (χ0) is 13.2. The summed E-state index contributed by atoms with van der Waals surface area (Å²) in [5.74, 6) is 0.530. The van der Waals surface area contributed by atoms with Gasteiger partial charge in [0.25, 0.3) is 0 Å². The molecular formula is C14H17F3O. The van der Waals surface area contributed by atoms with Gasteiger partial charge in [0.15, 0.2) is 0 Å². The number of rotatable bonds is 2. The van der Waals surface area contributed by atoms with Crippen LogP contribution in [0.5, 0.6) is 0 Å². The molecule has 0 spiro atoms. The predicted molar refractivity (Wildman–Crippen MR) is 63.2 cm³/mol. The molecule has 0 saturated heterocycles. The van der Waals surface area contributed by atoms with E-state index in [1.54, 1.807) is 6.07 Å². The van der Waals surface area contributed by atoms with E-state index in [-0.39, 0.29) is 12.5 Å². The molecule has 0 atom stereocenters. The molecule has 100 valence electrons. The van der Waals surface area contributed by atoms with Crippen LogP contribution in [0.2, 0.25) is 0 Å². The average Bonchev–Trinajstić information content (AvgIpc) is 2.38. The molecule has 4 heteroatoms. The number of aliphatic hydroxyl groups is 1. The third kappa shape index (κ3) is 3.05. The third-order valence-corrected chi connectivity index (χ3v) is 3.79. The molecule has 2 rings (SSSR count). The molecule has 1 aliphatic carbocycles. The molecule has 0 aliphatic heterocycles. The Labute approximate surface area is 105 Å². The molecule has 1 aromatic carbocycles. The van der Waals surface area contributed by atoms with Crippen LogP contribution in [0.4, 0.5) is 13.2 Å².